The van der Waals surface area contributed by atoms with E-state index in [9.17, 15) is 4.79 Å². The summed E-state index contributed by atoms with van der Waals surface area (Å²) in [6.07, 6.45) is 3.81. The number of carbonyl (C=O) groups is 1. The number of carbonyl (C=O) groups excluding carboxylic acids is 1. The Hall–Kier alpha value is -1.48. The van der Waals surface area contributed by atoms with Crippen molar-refractivity contribution in [1.29, 1.82) is 0 Å². The third-order valence-electron chi connectivity index (χ3n) is 2.32. The number of methoxy groups -OCH3 is 1. The molecule has 82 valence electrons. The fourth-order valence-corrected chi connectivity index (χ4v) is 2.46. The van der Waals surface area contributed by atoms with Crippen LogP contribution in [-0.2, 0) is 9.53 Å². The molecule has 2 nitrogen and oxygen atoms in total. The van der Waals surface area contributed by atoms with Gasteiger partial charge in [0, 0.05) is 16.2 Å². The lowest BCUT2D eigenvalue weighted by Crippen LogP contribution is -2.08. The third-order valence-corrected chi connectivity index (χ3v) is 3.46. The monoisotopic (exact) mass is 232 g/mol. The lowest BCUT2D eigenvalue weighted by atomic mass is 10.2. The molecule has 0 fully saturated rings. The van der Waals surface area contributed by atoms with E-state index in [1.807, 2.05) is 30.4 Å². The molecule has 0 aliphatic carbocycles. The minimum atomic E-state index is -0.240. The molecule has 3 heteroatoms. The lowest BCUT2D eigenvalue weighted by Gasteiger charge is -2.12. The van der Waals surface area contributed by atoms with Crippen LogP contribution in [-0.4, -0.2) is 18.8 Å². The van der Waals surface area contributed by atoms with Gasteiger partial charge in [-0.3, -0.25) is 0 Å². The predicted molar refractivity (Wildman–Crippen MR) is 67.0 cm³/mol. The Balaban J connectivity index is 2.20. The van der Waals surface area contributed by atoms with Crippen LogP contribution in [0.2, 0.25) is 0 Å². The summed E-state index contributed by atoms with van der Waals surface area (Å²) in [4.78, 5) is 12.5. The zero-order valence-electron chi connectivity index (χ0n) is 8.97. The highest BCUT2D eigenvalue weighted by Crippen LogP contribution is 2.32. The zero-order valence-corrected chi connectivity index (χ0v) is 9.79. The summed E-state index contributed by atoms with van der Waals surface area (Å²) in [6.45, 7) is 0. The topological polar surface area (TPSA) is 26.3 Å². The molecule has 0 spiro atoms. The largest absolute Gasteiger partial charge is 0.466 e. The number of ether oxygens (including phenoxy) is 1. The SMILES string of the molecule is COC(=O)C1=CC=C(c2ccccc2)SC1. The normalized spacial score (nSPS) is 15.1. The molecule has 0 radical (unpaired) electrons. The predicted octanol–water partition coefficient (Wildman–Crippen LogP) is 2.87. The van der Waals surface area contributed by atoms with Gasteiger partial charge in [0.15, 0.2) is 0 Å². The number of rotatable bonds is 2. The van der Waals surface area contributed by atoms with Gasteiger partial charge in [0.25, 0.3) is 0 Å². The Morgan fingerprint density at radius 3 is 2.56 bits per heavy atom. The first-order valence-corrected chi connectivity index (χ1v) is 5.97. The van der Waals surface area contributed by atoms with E-state index in [-0.39, 0.29) is 5.97 Å². The molecule has 2 rings (SSSR count). The Bertz CT molecular complexity index is 446. The average molecular weight is 232 g/mol. The summed E-state index contributed by atoms with van der Waals surface area (Å²) in [5.74, 6) is 0.434. The minimum Gasteiger partial charge on any atom is -0.466 e. The van der Waals surface area contributed by atoms with Gasteiger partial charge in [-0.15, -0.1) is 11.8 Å². The fourth-order valence-electron chi connectivity index (χ4n) is 1.47. The van der Waals surface area contributed by atoms with Crippen molar-refractivity contribution in [2.24, 2.45) is 0 Å². The van der Waals surface area contributed by atoms with E-state index in [2.05, 4.69) is 16.9 Å². The summed E-state index contributed by atoms with van der Waals surface area (Å²) in [5.41, 5.74) is 1.90. The van der Waals surface area contributed by atoms with Gasteiger partial charge in [0.1, 0.15) is 0 Å². The fraction of sp³-hybridized carbons (Fsp3) is 0.154. The Morgan fingerprint density at radius 2 is 2.00 bits per heavy atom. The minimum absolute atomic E-state index is 0.240. The van der Waals surface area contributed by atoms with Gasteiger partial charge in [-0.2, -0.15) is 0 Å². The maximum absolute atomic E-state index is 11.3. The van der Waals surface area contributed by atoms with Crippen molar-refractivity contribution < 1.29 is 9.53 Å². The van der Waals surface area contributed by atoms with Gasteiger partial charge in [-0.25, -0.2) is 4.79 Å². The number of hydrogen-bond acceptors (Lipinski definition) is 3. The third kappa shape index (κ3) is 2.36. The van der Waals surface area contributed by atoms with Crippen molar-refractivity contribution in [2.45, 2.75) is 0 Å². The molecule has 0 atom stereocenters. The van der Waals surface area contributed by atoms with Crippen LogP contribution in [0.4, 0.5) is 0 Å². The molecule has 0 saturated carbocycles. The van der Waals surface area contributed by atoms with Crippen molar-refractivity contribution in [1.82, 2.24) is 0 Å². The van der Waals surface area contributed by atoms with Crippen LogP contribution < -0.4 is 0 Å². The molecule has 0 N–H and O–H groups in total. The zero-order chi connectivity index (χ0) is 11.4. The molecule has 1 aliphatic heterocycles. The maximum Gasteiger partial charge on any atom is 0.334 e. The first-order valence-electron chi connectivity index (χ1n) is 4.98. The molecule has 16 heavy (non-hydrogen) atoms. The molecule has 1 aliphatic rings. The van der Waals surface area contributed by atoms with Gasteiger partial charge >= 0.3 is 5.97 Å². The molecule has 1 aromatic rings. The second kappa shape index (κ2) is 5.03. The quantitative estimate of drug-likeness (QED) is 0.733. The Labute approximate surface area is 99.0 Å². The van der Waals surface area contributed by atoms with E-state index in [1.54, 1.807) is 11.8 Å². The number of esters is 1. The highest BCUT2D eigenvalue weighted by atomic mass is 32.2. The Morgan fingerprint density at radius 1 is 1.25 bits per heavy atom. The van der Waals surface area contributed by atoms with Gasteiger partial charge in [-0.1, -0.05) is 30.3 Å². The van der Waals surface area contributed by atoms with Crippen LogP contribution in [0.5, 0.6) is 0 Å². The lowest BCUT2D eigenvalue weighted by molar-refractivity contribution is -0.135. The van der Waals surface area contributed by atoms with Crippen molar-refractivity contribution >= 4 is 22.6 Å². The Kier molecular flexibility index (Phi) is 3.47. The first-order chi connectivity index (χ1) is 7.81. The van der Waals surface area contributed by atoms with E-state index in [4.69, 9.17) is 0 Å². The van der Waals surface area contributed by atoms with E-state index < -0.39 is 0 Å². The van der Waals surface area contributed by atoms with Gasteiger partial charge in [0.2, 0.25) is 0 Å². The standard InChI is InChI=1S/C13H12O2S/c1-15-13(14)11-7-8-12(16-9-11)10-5-3-2-4-6-10/h2-8H,9H2,1H3. The average Bonchev–Trinajstić information content (AvgIpc) is 2.39. The van der Waals surface area contributed by atoms with Gasteiger partial charge in [-0.05, 0) is 17.7 Å². The van der Waals surface area contributed by atoms with E-state index >= 15 is 0 Å². The number of benzene rings is 1. The molecular formula is C13H12O2S. The van der Waals surface area contributed by atoms with Crippen molar-refractivity contribution in [2.75, 3.05) is 12.9 Å². The molecule has 0 bridgehead atoms. The molecule has 0 saturated heterocycles. The van der Waals surface area contributed by atoms with E-state index in [0.717, 1.165) is 0 Å². The summed E-state index contributed by atoms with van der Waals surface area (Å²) in [7, 11) is 1.41. The number of hydrogen-bond donors (Lipinski definition) is 0. The van der Waals surface area contributed by atoms with Gasteiger partial charge < -0.3 is 4.74 Å². The van der Waals surface area contributed by atoms with E-state index in [0.29, 0.717) is 11.3 Å². The van der Waals surface area contributed by atoms with Crippen LogP contribution in [0, 0.1) is 0 Å². The summed E-state index contributed by atoms with van der Waals surface area (Å²) in [5, 5.41) is 0. The van der Waals surface area contributed by atoms with Crippen LogP contribution in [0.3, 0.4) is 0 Å². The summed E-state index contributed by atoms with van der Waals surface area (Å²) < 4.78 is 4.68. The molecule has 0 amide bonds. The molecular weight excluding hydrogens is 220 g/mol. The van der Waals surface area contributed by atoms with Crippen LogP contribution in [0.15, 0.2) is 48.1 Å². The molecule has 1 aromatic carbocycles. The van der Waals surface area contributed by atoms with Gasteiger partial charge in [0.05, 0.1) is 7.11 Å². The molecule has 1 heterocycles. The van der Waals surface area contributed by atoms with E-state index in [1.165, 1.54) is 17.6 Å². The summed E-state index contributed by atoms with van der Waals surface area (Å²) in [6, 6.07) is 10.1. The molecule has 0 aromatic heterocycles. The maximum atomic E-state index is 11.3. The number of thioether (sulfide) groups is 1. The first kappa shape index (κ1) is 11.0. The molecule has 0 unspecified atom stereocenters. The number of allylic oxidation sites excluding steroid dienone is 2. The highest BCUT2D eigenvalue weighted by Gasteiger charge is 2.14. The van der Waals surface area contributed by atoms with Crippen LogP contribution in [0.25, 0.3) is 4.91 Å². The van der Waals surface area contributed by atoms with Crippen LogP contribution >= 0.6 is 11.8 Å². The van der Waals surface area contributed by atoms with Crippen LogP contribution in [0.1, 0.15) is 5.56 Å². The van der Waals surface area contributed by atoms with Crippen molar-refractivity contribution in [3.05, 3.63) is 53.6 Å². The second-order valence-electron chi connectivity index (χ2n) is 3.37. The highest BCUT2D eigenvalue weighted by molar-refractivity contribution is 8.08. The van der Waals surface area contributed by atoms with Crippen molar-refractivity contribution in [3.8, 4) is 0 Å². The summed E-state index contributed by atoms with van der Waals surface area (Å²) >= 11 is 1.66. The second-order valence-corrected chi connectivity index (χ2v) is 4.39. The smallest absolute Gasteiger partial charge is 0.334 e. The van der Waals surface area contributed by atoms with Crippen molar-refractivity contribution in [3.63, 3.8) is 0 Å².